The van der Waals surface area contributed by atoms with Crippen molar-refractivity contribution in [3.05, 3.63) is 184 Å². The summed E-state index contributed by atoms with van der Waals surface area (Å²) in [4.78, 5) is 77.5. The predicted octanol–water partition coefficient (Wildman–Crippen LogP) is 9.92. The third-order valence-electron chi connectivity index (χ3n) is 10.6. The van der Waals surface area contributed by atoms with Crippen molar-refractivity contribution in [3.63, 3.8) is 0 Å². The van der Waals surface area contributed by atoms with E-state index in [1.807, 2.05) is 26.0 Å². The highest BCUT2D eigenvalue weighted by atomic mass is 16.5. The highest BCUT2D eigenvalue weighted by Gasteiger charge is 2.25. The van der Waals surface area contributed by atoms with Crippen LogP contribution in [0.3, 0.4) is 0 Å². The second kappa shape index (κ2) is 18.9. The number of benzene rings is 6. The molecule has 0 spiro atoms. The lowest BCUT2D eigenvalue weighted by atomic mass is 9.78. The van der Waals surface area contributed by atoms with Crippen LogP contribution in [-0.4, -0.2) is 52.9 Å². The summed E-state index contributed by atoms with van der Waals surface area (Å²) in [6, 6.07) is 35.6. The number of ether oxygens (including phenoxy) is 1. The van der Waals surface area contributed by atoms with Gasteiger partial charge in [0.15, 0.2) is 0 Å². The van der Waals surface area contributed by atoms with Gasteiger partial charge >= 0.3 is 11.9 Å². The fourth-order valence-corrected chi connectivity index (χ4v) is 7.05. The maximum atomic E-state index is 13.8. The highest BCUT2D eigenvalue weighted by molar-refractivity contribution is 6.14. The van der Waals surface area contributed by atoms with Crippen LogP contribution in [0, 0.1) is 0 Å². The molecule has 6 aromatic carbocycles. The molecule has 0 unspecified atom stereocenters. The molecule has 4 amide bonds. The molecule has 0 atom stereocenters. The predicted molar refractivity (Wildman–Crippen MR) is 246 cm³/mol. The van der Waals surface area contributed by atoms with Crippen LogP contribution < -0.4 is 26.0 Å². The van der Waals surface area contributed by atoms with Gasteiger partial charge in [-0.25, -0.2) is 9.59 Å². The van der Waals surface area contributed by atoms with Crippen LogP contribution in [0.2, 0.25) is 0 Å². The lowest BCUT2D eigenvalue weighted by Crippen LogP contribution is -2.22. The first-order chi connectivity index (χ1) is 30.3. The molecule has 0 heterocycles. The van der Waals surface area contributed by atoms with Gasteiger partial charge in [0, 0.05) is 28.6 Å². The zero-order valence-corrected chi connectivity index (χ0v) is 36.2. The van der Waals surface area contributed by atoms with E-state index in [0.29, 0.717) is 28.9 Å². The Kier molecular flexibility index (Phi) is 13.4. The van der Waals surface area contributed by atoms with Crippen molar-refractivity contribution in [2.24, 2.45) is 0 Å². The number of aromatic carboxylic acids is 2. The Morgan fingerprint density at radius 1 is 0.484 bits per heavy atom. The number of carbonyl (C=O) groups excluding carboxylic acids is 4. The van der Waals surface area contributed by atoms with E-state index in [4.69, 9.17) is 4.74 Å². The maximum Gasteiger partial charge on any atom is 0.335 e. The minimum atomic E-state index is -1.19. The van der Waals surface area contributed by atoms with Crippen LogP contribution in [0.5, 0.6) is 5.75 Å². The fraction of sp³-hybridized carbons (Fsp3) is 0.176. The van der Waals surface area contributed by atoms with Crippen LogP contribution in [0.15, 0.2) is 133 Å². The number of rotatable bonds is 14. The molecule has 0 aromatic heterocycles. The molecule has 6 rings (SSSR count). The first-order valence-corrected chi connectivity index (χ1v) is 20.3. The van der Waals surface area contributed by atoms with E-state index in [0.717, 1.165) is 11.1 Å². The fourth-order valence-electron chi connectivity index (χ4n) is 7.05. The zero-order valence-electron chi connectivity index (χ0n) is 36.2. The summed E-state index contributed by atoms with van der Waals surface area (Å²) >= 11 is 0. The van der Waals surface area contributed by atoms with Crippen LogP contribution in [0.25, 0.3) is 0 Å². The molecule has 0 fully saturated rings. The zero-order chi connectivity index (χ0) is 46.3. The van der Waals surface area contributed by atoms with E-state index in [9.17, 15) is 39.0 Å². The molecule has 326 valence electrons. The monoisotopic (exact) mass is 860 g/mol. The quantitative estimate of drug-likeness (QED) is 0.0617. The number of carboxylic acids is 2. The Morgan fingerprint density at radius 2 is 1.03 bits per heavy atom. The van der Waals surface area contributed by atoms with Gasteiger partial charge in [-0.1, -0.05) is 77.1 Å². The van der Waals surface area contributed by atoms with Crippen LogP contribution in [0.1, 0.15) is 113 Å². The molecule has 13 nitrogen and oxygen atoms in total. The largest absolute Gasteiger partial charge is 0.497 e. The number of amides is 4. The van der Waals surface area contributed by atoms with E-state index in [2.05, 4.69) is 42.0 Å². The van der Waals surface area contributed by atoms with E-state index in [1.54, 1.807) is 84.9 Å². The third-order valence-corrected chi connectivity index (χ3v) is 10.6. The summed E-state index contributed by atoms with van der Waals surface area (Å²) in [5, 5.41) is 30.5. The molecule has 0 saturated carbocycles. The highest BCUT2D eigenvalue weighted by Crippen LogP contribution is 2.31. The van der Waals surface area contributed by atoms with Gasteiger partial charge in [-0.15, -0.1) is 0 Å². The van der Waals surface area contributed by atoms with Crippen molar-refractivity contribution < 1.29 is 43.7 Å². The summed E-state index contributed by atoms with van der Waals surface area (Å²) in [6.07, 6.45) is 0.345. The van der Waals surface area contributed by atoms with Crippen molar-refractivity contribution in [1.82, 2.24) is 0 Å². The lowest BCUT2D eigenvalue weighted by molar-refractivity contribution is 0.0686. The molecule has 0 bridgehead atoms. The number of para-hydroxylation sites is 1. The van der Waals surface area contributed by atoms with Gasteiger partial charge in [-0.05, 0) is 119 Å². The minimum absolute atomic E-state index is 0.0101. The number of carboxylic acid groups (broad SMARTS) is 2. The number of carbonyl (C=O) groups is 6. The number of hydrogen-bond acceptors (Lipinski definition) is 7. The summed E-state index contributed by atoms with van der Waals surface area (Å²) in [7, 11) is 1.47. The van der Waals surface area contributed by atoms with Crippen molar-refractivity contribution in [2.75, 3.05) is 28.4 Å². The van der Waals surface area contributed by atoms with Gasteiger partial charge in [0.1, 0.15) is 5.75 Å². The Hall–Kier alpha value is -8.06. The van der Waals surface area contributed by atoms with Gasteiger partial charge in [-0.3, -0.25) is 19.2 Å². The molecular formula is C51H48N4O9. The van der Waals surface area contributed by atoms with Gasteiger partial charge in [-0.2, -0.15) is 0 Å². The van der Waals surface area contributed by atoms with Gasteiger partial charge in [0.2, 0.25) is 0 Å². The summed E-state index contributed by atoms with van der Waals surface area (Å²) in [6.45, 7) is 10.2. The summed E-state index contributed by atoms with van der Waals surface area (Å²) < 4.78 is 5.37. The van der Waals surface area contributed by atoms with E-state index in [-0.39, 0.29) is 50.4 Å². The molecule has 13 heteroatoms. The van der Waals surface area contributed by atoms with Crippen molar-refractivity contribution in [2.45, 2.75) is 51.9 Å². The number of anilines is 4. The summed E-state index contributed by atoms with van der Waals surface area (Å²) in [5.41, 5.74) is 3.77. The second-order valence-corrected chi connectivity index (χ2v) is 16.8. The molecule has 64 heavy (non-hydrogen) atoms. The van der Waals surface area contributed by atoms with Crippen molar-refractivity contribution in [1.29, 1.82) is 0 Å². The molecule has 0 aliphatic carbocycles. The van der Waals surface area contributed by atoms with E-state index >= 15 is 0 Å². The smallest absolute Gasteiger partial charge is 0.335 e. The Morgan fingerprint density at radius 3 is 1.62 bits per heavy atom. The third kappa shape index (κ3) is 11.1. The van der Waals surface area contributed by atoms with Gasteiger partial charge in [0.25, 0.3) is 23.6 Å². The molecule has 0 aliphatic rings. The Labute approximate surface area is 370 Å². The van der Waals surface area contributed by atoms with E-state index in [1.165, 1.54) is 43.5 Å². The molecule has 0 radical (unpaired) electrons. The average molecular weight is 861 g/mol. The SMILES string of the molecule is COc1ccc(C(=O)Nc2cc(CC(C)(C)c3ccc(C(=O)Nc4ccccc4C(=O)Nc4cccc(C(=O)O)c4)cc3)cc(C(=O)O)c2)c(NC(=O)c2ccc(C(C)(C)C)cc2)c1. The number of methoxy groups -OCH3 is 1. The van der Waals surface area contributed by atoms with Crippen molar-refractivity contribution >= 4 is 58.3 Å². The van der Waals surface area contributed by atoms with Gasteiger partial charge in [0.05, 0.1) is 40.7 Å². The van der Waals surface area contributed by atoms with E-state index < -0.39 is 41.0 Å². The molecule has 0 saturated heterocycles. The lowest BCUT2D eigenvalue weighted by Gasteiger charge is -2.26. The first-order valence-electron chi connectivity index (χ1n) is 20.3. The first kappa shape index (κ1) is 45.5. The molecular weight excluding hydrogens is 813 g/mol. The van der Waals surface area contributed by atoms with Crippen LogP contribution >= 0.6 is 0 Å². The normalized spacial score (nSPS) is 11.2. The van der Waals surface area contributed by atoms with Gasteiger partial charge < -0.3 is 36.2 Å². The Bertz CT molecular complexity index is 2770. The standard InChI is InChI=1S/C51H48N4O9/c1-50(2,3)35-18-14-31(15-19-35)45(57)55-43-28-39(64-6)22-23-41(43)47(59)53-38-25-30(24-34(27-38)49(62)63)29-51(4,5)36-20-16-32(17-21-36)44(56)54-42-13-8-7-12-40(42)46(58)52-37-11-9-10-33(26-37)48(60)61/h7-28H,29H2,1-6H3,(H,52,58)(H,53,59)(H,54,56)(H,55,57)(H,60,61)(H,62,63). The van der Waals surface area contributed by atoms with Crippen molar-refractivity contribution in [3.8, 4) is 5.75 Å². The molecule has 6 aromatic rings. The minimum Gasteiger partial charge on any atom is -0.497 e. The molecule has 6 N–H and O–H groups in total. The topological polar surface area (TPSA) is 200 Å². The average Bonchev–Trinajstić information content (AvgIpc) is 3.26. The summed E-state index contributed by atoms with van der Waals surface area (Å²) in [5.74, 6) is -3.94. The Balaban J connectivity index is 1.16. The van der Waals surface area contributed by atoms with Crippen LogP contribution in [0.4, 0.5) is 22.7 Å². The number of nitrogens with one attached hydrogen (secondary N) is 4. The number of hydrogen-bond donors (Lipinski definition) is 6. The van der Waals surface area contributed by atoms with Crippen LogP contribution in [-0.2, 0) is 17.3 Å². The maximum absolute atomic E-state index is 13.8. The second-order valence-electron chi connectivity index (χ2n) is 16.8. The molecule has 0 aliphatic heterocycles.